The van der Waals surface area contributed by atoms with Crippen LogP contribution in [0.25, 0.3) is 10.9 Å². The standard InChI is InChI=1S/C13H14N2O3.Mg.H2O4S/c1-8(16)15-12(13(17)18)6-9-7-14-11-5-3-2-4-10(9)11;;1-5(2,3)4/h2-5,7,12,14H,6H2,1H3,(H,15,16)(H,17,18);;(H2,1,2,3,4)/q;+2;/p-2/t12-;;/m0../s1. The topological polar surface area (TPSA) is 162 Å². The van der Waals surface area contributed by atoms with Crippen LogP contribution in [0.15, 0.2) is 30.5 Å². The molecule has 24 heavy (non-hydrogen) atoms. The molecule has 0 fully saturated rings. The van der Waals surface area contributed by atoms with Crippen molar-refractivity contribution in [3.05, 3.63) is 36.0 Å². The Kier molecular flexibility index (Phi) is 8.92. The predicted octanol–water partition coefficient (Wildman–Crippen LogP) is -0.419. The number of aromatic amines is 1. The number of aliphatic carboxylic acids is 1. The zero-order chi connectivity index (χ0) is 17.6. The Bertz CT molecular complexity index is 796. The maximum absolute atomic E-state index is 11.1. The number of H-pyrrole nitrogens is 1. The third-order valence-corrected chi connectivity index (χ3v) is 2.77. The van der Waals surface area contributed by atoms with Crippen LogP contribution in [0.1, 0.15) is 12.5 Å². The Morgan fingerprint density at radius 1 is 1.29 bits per heavy atom. The van der Waals surface area contributed by atoms with Gasteiger partial charge in [0.1, 0.15) is 6.04 Å². The first kappa shape index (κ1) is 22.3. The Morgan fingerprint density at radius 3 is 2.33 bits per heavy atom. The monoisotopic (exact) mass is 366 g/mol. The molecule has 0 radical (unpaired) electrons. The minimum absolute atomic E-state index is 0. The fourth-order valence-electron chi connectivity index (χ4n) is 1.97. The van der Waals surface area contributed by atoms with Gasteiger partial charge in [0.05, 0.1) is 0 Å². The van der Waals surface area contributed by atoms with Gasteiger partial charge in [-0.3, -0.25) is 13.2 Å². The summed E-state index contributed by atoms with van der Waals surface area (Å²) in [5.41, 5.74) is 1.84. The fraction of sp³-hybridized carbons (Fsp3) is 0.231. The molecule has 1 amide bonds. The van der Waals surface area contributed by atoms with Crippen LogP contribution in [0.2, 0.25) is 0 Å². The van der Waals surface area contributed by atoms with Crippen LogP contribution in [0, 0.1) is 0 Å². The summed E-state index contributed by atoms with van der Waals surface area (Å²) in [6, 6.07) is 6.75. The average molecular weight is 367 g/mol. The van der Waals surface area contributed by atoms with Crippen molar-refractivity contribution >= 4 is 56.2 Å². The number of hydrogen-bond acceptors (Lipinski definition) is 6. The smallest absolute Gasteiger partial charge is 0.759 e. The van der Waals surface area contributed by atoms with Crippen molar-refractivity contribution in [2.45, 2.75) is 19.4 Å². The summed E-state index contributed by atoms with van der Waals surface area (Å²) < 4.78 is 34.1. The third-order valence-electron chi connectivity index (χ3n) is 2.77. The molecule has 0 aliphatic rings. The number of hydrogen-bond donors (Lipinski definition) is 3. The van der Waals surface area contributed by atoms with Crippen LogP contribution < -0.4 is 5.32 Å². The van der Waals surface area contributed by atoms with Crippen molar-refractivity contribution < 1.29 is 32.2 Å². The molecule has 0 saturated heterocycles. The van der Waals surface area contributed by atoms with E-state index in [1.165, 1.54) is 6.92 Å². The van der Waals surface area contributed by atoms with Crippen LogP contribution >= 0.6 is 0 Å². The number of para-hydroxylation sites is 1. The molecule has 0 bridgehead atoms. The summed E-state index contributed by atoms with van der Waals surface area (Å²) in [4.78, 5) is 25.1. The summed E-state index contributed by atoms with van der Waals surface area (Å²) in [6.07, 6.45) is 2.04. The van der Waals surface area contributed by atoms with Crippen LogP contribution in [0.3, 0.4) is 0 Å². The molecule has 0 aliphatic heterocycles. The summed E-state index contributed by atoms with van der Waals surface area (Å²) in [5.74, 6) is -1.38. The van der Waals surface area contributed by atoms with E-state index < -0.39 is 22.4 Å². The molecule has 0 aliphatic carbocycles. The maximum atomic E-state index is 11.1. The number of benzene rings is 1. The van der Waals surface area contributed by atoms with Crippen LogP contribution in [0.5, 0.6) is 0 Å². The molecule has 2 rings (SSSR count). The fourth-order valence-corrected chi connectivity index (χ4v) is 1.97. The molecule has 0 spiro atoms. The molecule has 11 heteroatoms. The number of aromatic nitrogens is 1. The van der Waals surface area contributed by atoms with Gasteiger partial charge < -0.3 is 24.5 Å². The normalized spacial score (nSPS) is 11.6. The first-order valence-electron chi connectivity index (χ1n) is 6.29. The van der Waals surface area contributed by atoms with Gasteiger partial charge >= 0.3 is 29.0 Å². The summed E-state index contributed by atoms with van der Waals surface area (Å²) >= 11 is 0. The zero-order valence-electron chi connectivity index (χ0n) is 12.7. The van der Waals surface area contributed by atoms with E-state index in [0.717, 1.165) is 16.5 Å². The second-order valence-corrected chi connectivity index (χ2v) is 5.38. The molecular weight excluding hydrogens is 353 g/mol. The third kappa shape index (κ3) is 8.26. The number of rotatable bonds is 4. The first-order chi connectivity index (χ1) is 10.6. The number of carboxylic acid groups (broad SMARTS) is 1. The van der Waals surface area contributed by atoms with Gasteiger partial charge in [-0.1, -0.05) is 18.2 Å². The van der Waals surface area contributed by atoms with Crippen molar-refractivity contribution in [3.63, 3.8) is 0 Å². The molecule has 1 aromatic heterocycles. The molecule has 2 aromatic rings. The van der Waals surface area contributed by atoms with Gasteiger partial charge in [0.15, 0.2) is 0 Å². The summed E-state index contributed by atoms with van der Waals surface area (Å²) in [5, 5.41) is 12.5. The predicted molar refractivity (Wildman–Crippen MR) is 83.5 cm³/mol. The summed E-state index contributed by atoms with van der Waals surface area (Å²) in [6.45, 7) is 1.31. The van der Waals surface area contributed by atoms with Gasteiger partial charge in [-0.25, -0.2) is 4.79 Å². The van der Waals surface area contributed by atoms with Crippen molar-refractivity contribution in [1.82, 2.24) is 10.3 Å². The number of carbonyl (C=O) groups is 2. The Hall–Kier alpha value is -1.66. The van der Waals surface area contributed by atoms with Crippen LogP contribution in [-0.2, 0) is 26.4 Å². The summed E-state index contributed by atoms with van der Waals surface area (Å²) in [7, 11) is -5.17. The maximum Gasteiger partial charge on any atom is 2.00 e. The average Bonchev–Trinajstić information content (AvgIpc) is 2.79. The Labute approximate surface area is 154 Å². The second-order valence-electron chi connectivity index (χ2n) is 4.56. The van der Waals surface area contributed by atoms with E-state index in [1.54, 1.807) is 6.20 Å². The number of carbonyl (C=O) groups excluding carboxylic acids is 1. The molecule has 9 nitrogen and oxygen atoms in total. The van der Waals surface area contributed by atoms with E-state index >= 15 is 0 Å². The molecule has 0 saturated carbocycles. The number of carboxylic acids is 1. The molecule has 1 heterocycles. The minimum atomic E-state index is -5.17. The van der Waals surface area contributed by atoms with Gasteiger partial charge in [0.2, 0.25) is 5.91 Å². The first-order valence-corrected chi connectivity index (χ1v) is 7.63. The second kappa shape index (κ2) is 9.59. The van der Waals surface area contributed by atoms with E-state index in [0.29, 0.717) is 0 Å². The number of amides is 1. The molecule has 1 atom stereocenters. The quantitative estimate of drug-likeness (QED) is 0.376. The van der Waals surface area contributed by atoms with Crippen molar-refractivity contribution in [3.8, 4) is 0 Å². The molecule has 0 unspecified atom stereocenters. The molecular formula is C13H14MgN2O7S. The zero-order valence-corrected chi connectivity index (χ0v) is 14.9. The van der Waals surface area contributed by atoms with Crippen molar-refractivity contribution in [2.24, 2.45) is 0 Å². The van der Waals surface area contributed by atoms with Crippen molar-refractivity contribution in [2.75, 3.05) is 0 Å². The van der Waals surface area contributed by atoms with Gasteiger partial charge in [0.25, 0.3) is 0 Å². The number of fused-ring (bicyclic) bond motifs is 1. The molecule has 1 aromatic carbocycles. The van der Waals surface area contributed by atoms with Crippen molar-refractivity contribution in [1.29, 1.82) is 0 Å². The van der Waals surface area contributed by atoms with E-state index in [-0.39, 0.29) is 35.4 Å². The van der Waals surface area contributed by atoms with Crippen LogP contribution in [0.4, 0.5) is 0 Å². The molecule has 3 N–H and O–H groups in total. The van der Waals surface area contributed by atoms with E-state index in [4.69, 9.17) is 22.6 Å². The Balaban J connectivity index is 0.000000777. The van der Waals surface area contributed by atoms with E-state index in [1.807, 2.05) is 24.3 Å². The van der Waals surface area contributed by atoms with Gasteiger partial charge in [0, 0.05) is 40.8 Å². The van der Waals surface area contributed by atoms with E-state index in [9.17, 15) is 9.59 Å². The van der Waals surface area contributed by atoms with Crippen LogP contribution in [-0.4, -0.2) is 68.6 Å². The molecule has 126 valence electrons. The van der Waals surface area contributed by atoms with Gasteiger partial charge in [-0.2, -0.15) is 0 Å². The largest absolute Gasteiger partial charge is 2.00 e. The van der Waals surface area contributed by atoms with E-state index in [2.05, 4.69) is 10.3 Å². The number of nitrogens with one attached hydrogen (secondary N) is 2. The Morgan fingerprint density at radius 2 is 1.83 bits per heavy atom. The SMILES string of the molecule is CC(=O)N[C@@H](Cc1c[nH]c2ccccc12)C(=O)O.O=S(=O)([O-])[O-].[Mg+2]. The van der Waals surface area contributed by atoms with Gasteiger partial charge in [-0.15, -0.1) is 0 Å². The van der Waals surface area contributed by atoms with Gasteiger partial charge in [-0.05, 0) is 11.6 Å². The minimum Gasteiger partial charge on any atom is -0.759 e.